The number of urea groups is 1. The number of sulfone groups is 1. The lowest BCUT2D eigenvalue weighted by Gasteiger charge is -2.14. The third kappa shape index (κ3) is 6.70. The number of nitrogens with zero attached hydrogens (tertiary/aromatic N) is 1. The zero-order valence-corrected chi connectivity index (χ0v) is 12.5. The Bertz CT molecular complexity index is 612. The average molecular weight is 315 g/mol. The zero-order chi connectivity index (χ0) is 16.0. The van der Waals surface area contributed by atoms with Crippen molar-refractivity contribution in [3.63, 3.8) is 0 Å². The second kappa shape index (κ2) is 7.02. The van der Waals surface area contributed by atoms with Crippen LogP contribution in [0.5, 0.6) is 0 Å². The van der Waals surface area contributed by atoms with E-state index in [4.69, 9.17) is 5.11 Å². The van der Waals surface area contributed by atoms with Gasteiger partial charge in [-0.15, -0.1) is 0 Å². The minimum atomic E-state index is -3.30. The van der Waals surface area contributed by atoms with Gasteiger partial charge in [-0.3, -0.25) is 4.98 Å². The Balaban J connectivity index is 2.60. The van der Waals surface area contributed by atoms with Crippen LogP contribution in [0.25, 0.3) is 0 Å². The zero-order valence-electron chi connectivity index (χ0n) is 11.7. The van der Waals surface area contributed by atoms with Gasteiger partial charge in [0.05, 0.1) is 17.6 Å². The number of carbonyl (C=O) groups is 2. The molecule has 1 unspecified atom stereocenters. The van der Waals surface area contributed by atoms with E-state index in [9.17, 15) is 18.0 Å². The van der Waals surface area contributed by atoms with Crippen molar-refractivity contribution in [2.75, 3.05) is 17.3 Å². The highest BCUT2D eigenvalue weighted by Crippen LogP contribution is 2.05. The fraction of sp³-hybridized carbons (Fsp3) is 0.417. The van der Waals surface area contributed by atoms with Gasteiger partial charge >= 0.3 is 12.0 Å². The van der Waals surface area contributed by atoms with Crippen LogP contribution in [0.1, 0.15) is 12.1 Å². The van der Waals surface area contributed by atoms with Crippen molar-refractivity contribution in [1.82, 2.24) is 10.3 Å². The van der Waals surface area contributed by atoms with Gasteiger partial charge in [-0.2, -0.15) is 0 Å². The van der Waals surface area contributed by atoms with Crippen LogP contribution in [0.2, 0.25) is 0 Å². The van der Waals surface area contributed by atoms with Gasteiger partial charge in [0.2, 0.25) is 0 Å². The number of hydrogen-bond acceptors (Lipinski definition) is 5. The van der Waals surface area contributed by atoms with Gasteiger partial charge in [-0.25, -0.2) is 18.0 Å². The molecular formula is C12H17N3O5S. The predicted molar refractivity (Wildman–Crippen MR) is 76.9 cm³/mol. The molecule has 0 aromatic carbocycles. The summed E-state index contributed by atoms with van der Waals surface area (Å²) < 4.78 is 22.1. The Morgan fingerprint density at radius 3 is 2.52 bits per heavy atom. The van der Waals surface area contributed by atoms with Crippen LogP contribution in [-0.4, -0.2) is 48.6 Å². The minimum Gasteiger partial charge on any atom is -0.480 e. The first-order valence-electron chi connectivity index (χ1n) is 6.08. The summed E-state index contributed by atoms with van der Waals surface area (Å²) in [5.41, 5.74) is 1.18. The predicted octanol–water partition coefficient (Wildman–Crippen LogP) is 0.399. The number of carboxylic acid groups (broad SMARTS) is 1. The number of pyridine rings is 1. The standard InChI is InChI=1S/C12H17N3O5S/c1-8-3-4-9(7-13-8)14-12(18)15-10(11(16)17)5-6-21(2,19)20/h3-4,7,10H,5-6H2,1-2H3,(H,16,17)(H2,14,15,18). The Morgan fingerprint density at radius 1 is 1.38 bits per heavy atom. The highest BCUT2D eigenvalue weighted by atomic mass is 32.2. The fourth-order valence-electron chi connectivity index (χ4n) is 1.46. The van der Waals surface area contributed by atoms with Crippen molar-refractivity contribution in [2.45, 2.75) is 19.4 Å². The van der Waals surface area contributed by atoms with Gasteiger partial charge in [0, 0.05) is 11.9 Å². The molecule has 0 aliphatic carbocycles. The van der Waals surface area contributed by atoms with Gasteiger partial charge in [0.1, 0.15) is 15.9 Å². The molecule has 0 saturated heterocycles. The molecule has 0 aliphatic rings. The van der Waals surface area contributed by atoms with Crippen molar-refractivity contribution in [3.8, 4) is 0 Å². The molecule has 1 aromatic heterocycles. The molecule has 3 N–H and O–H groups in total. The smallest absolute Gasteiger partial charge is 0.326 e. The lowest BCUT2D eigenvalue weighted by atomic mass is 10.2. The van der Waals surface area contributed by atoms with E-state index in [1.54, 1.807) is 19.1 Å². The third-order valence-corrected chi connectivity index (χ3v) is 3.53. The van der Waals surface area contributed by atoms with E-state index in [1.165, 1.54) is 6.20 Å². The normalized spacial score (nSPS) is 12.5. The number of nitrogens with one attached hydrogen (secondary N) is 2. The number of aryl methyl sites for hydroxylation is 1. The summed E-state index contributed by atoms with van der Waals surface area (Å²) in [7, 11) is -3.30. The Kier molecular flexibility index (Phi) is 5.65. The number of aromatic nitrogens is 1. The average Bonchev–Trinajstić information content (AvgIpc) is 2.36. The van der Waals surface area contributed by atoms with E-state index >= 15 is 0 Å². The van der Waals surface area contributed by atoms with Crippen molar-refractivity contribution < 1.29 is 23.1 Å². The summed E-state index contributed by atoms with van der Waals surface area (Å²) in [6, 6.07) is 1.29. The summed E-state index contributed by atoms with van der Waals surface area (Å²) in [5.74, 6) is -1.62. The van der Waals surface area contributed by atoms with Crippen molar-refractivity contribution in [2.24, 2.45) is 0 Å². The lowest BCUT2D eigenvalue weighted by Crippen LogP contribution is -2.43. The second-order valence-corrected chi connectivity index (χ2v) is 6.86. The number of hydrogen-bond donors (Lipinski definition) is 3. The summed E-state index contributed by atoms with van der Waals surface area (Å²) in [6.07, 6.45) is 2.23. The van der Waals surface area contributed by atoms with Crippen LogP contribution in [0.4, 0.5) is 10.5 Å². The number of carbonyl (C=O) groups excluding carboxylic acids is 1. The van der Waals surface area contributed by atoms with Crippen LogP contribution in [0.3, 0.4) is 0 Å². The summed E-state index contributed by atoms with van der Waals surface area (Å²) in [4.78, 5) is 26.7. The second-order valence-electron chi connectivity index (χ2n) is 4.60. The van der Waals surface area contributed by atoms with Crippen LogP contribution in [-0.2, 0) is 14.6 Å². The topological polar surface area (TPSA) is 125 Å². The molecule has 0 aliphatic heterocycles. The monoisotopic (exact) mass is 315 g/mol. The van der Waals surface area contributed by atoms with E-state index in [0.717, 1.165) is 11.9 Å². The maximum Gasteiger partial charge on any atom is 0.326 e. The molecule has 0 radical (unpaired) electrons. The van der Waals surface area contributed by atoms with E-state index in [2.05, 4.69) is 15.6 Å². The fourth-order valence-corrected chi connectivity index (χ4v) is 2.12. The van der Waals surface area contributed by atoms with Gasteiger partial charge in [-0.1, -0.05) is 0 Å². The number of aliphatic carboxylic acids is 1. The molecule has 8 nitrogen and oxygen atoms in total. The molecule has 0 saturated carbocycles. The third-order valence-electron chi connectivity index (χ3n) is 2.55. The van der Waals surface area contributed by atoms with Crippen molar-refractivity contribution in [3.05, 3.63) is 24.0 Å². The maximum atomic E-state index is 11.7. The van der Waals surface area contributed by atoms with E-state index < -0.39 is 27.9 Å². The highest BCUT2D eigenvalue weighted by Gasteiger charge is 2.21. The first kappa shape index (κ1) is 16.9. The quantitative estimate of drug-likeness (QED) is 0.697. The Labute approximate surface area is 122 Å². The summed E-state index contributed by atoms with van der Waals surface area (Å²) >= 11 is 0. The summed E-state index contributed by atoms with van der Waals surface area (Å²) in [5, 5.41) is 13.6. The Morgan fingerprint density at radius 2 is 2.05 bits per heavy atom. The number of rotatable bonds is 6. The van der Waals surface area contributed by atoms with Crippen LogP contribution in [0.15, 0.2) is 18.3 Å². The molecule has 1 aromatic rings. The van der Waals surface area contributed by atoms with Gasteiger partial charge < -0.3 is 15.7 Å². The molecule has 1 rings (SSSR count). The lowest BCUT2D eigenvalue weighted by molar-refractivity contribution is -0.139. The highest BCUT2D eigenvalue weighted by molar-refractivity contribution is 7.90. The number of carboxylic acids is 1. The van der Waals surface area contributed by atoms with E-state index in [-0.39, 0.29) is 12.2 Å². The van der Waals surface area contributed by atoms with Gasteiger partial charge in [-0.05, 0) is 25.5 Å². The molecule has 2 amide bonds. The molecule has 116 valence electrons. The van der Waals surface area contributed by atoms with Crippen molar-refractivity contribution >= 4 is 27.5 Å². The van der Waals surface area contributed by atoms with Crippen LogP contribution >= 0.6 is 0 Å². The first-order valence-corrected chi connectivity index (χ1v) is 8.14. The minimum absolute atomic E-state index is 0.201. The maximum absolute atomic E-state index is 11.7. The molecular weight excluding hydrogens is 298 g/mol. The van der Waals surface area contributed by atoms with E-state index in [1.807, 2.05) is 0 Å². The van der Waals surface area contributed by atoms with Gasteiger partial charge in [0.15, 0.2) is 0 Å². The van der Waals surface area contributed by atoms with E-state index in [0.29, 0.717) is 5.69 Å². The van der Waals surface area contributed by atoms with Crippen LogP contribution < -0.4 is 10.6 Å². The van der Waals surface area contributed by atoms with Crippen molar-refractivity contribution in [1.29, 1.82) is 0 Å². The number of amides is 2. The SMILES string of the molecule is Cc1ccc(NC(=O)NC(CCS(C)(=O)=O)C(=O)O)cn1. The molecule has 9 heteroatoms. The largest absolute Gasteiger partial charge is 0.480 e. The molecule has 1 atom stereocenters. The Hall–Kier alpha value is -2.16. The molecule has 0 bridgehead atoms. The molecule has 1 heterocycles. The van der Waals surface area contributed by atoms with Crippen LogP contribution in [0, 0.1) is 6.92 Å². The summed E-state index contributed by atoms with van der Waals surface area (Å²) in [6.45, 7) is 1.79. The molecule has 21 heavy (non-hydrogen) atoms. The molecule has 0 fully saturated rings. The van der Waals surface area contributed by atoms with Gasteiger partial charge in [0.25, 0.3) is 0 Å². The number of anilines is 1. The molecule has 0 spiro atoms. The first-order chi connectivity index (χ1) is 9.67.